The summed E-state index contributed by atoms with van der Waals surface area (Å²) in [4.78, 5) is 11.7. The fraction of sp³-hybridized carbons (Fsp3) is 0.133. The number of carbonyl (C=O) groups excluding carboxylic acids is 1. The van der Waals surface area contributed by atoms with Crippen LogP contribution in [0.1, 0.15) is 15.9 Å². The highest BCUT2D eigenvalue weighted by atomic mass is 19.1. The van der Waals surface area contributed by atoms with E-state index in [0.29, 0.717) is 18.1 Å². The molecule has 21 heavy (non-hydrogen) atoms. The zero-order valence-electron chi connectivity index (χ0n) is 10.9. The Balaban J connectivity index is 1.93. The number of nitrogens with one attached hydrogen (secondary N) is 1. The Morgan fingerprint density at radius 3 is 2.48 bits per heavy atom. The molecule has 0 unspecified atom stereocenters. The van der Waals surface area contributed by atoms with Gasteiger partial charge in [-0.25, -0.2) is 8.78 Å². The van der Waals surface area contributed by atoms with Gasteiger partial charge in [0.15, 0.2) is 11.5 Å². The van der Waals surface area contributed by atoms with Crippen molar-refractivity contribution in [2.75, 3.05) is 6.54 Å². The Bertz CT molecular complexity index is 674. The van der Waals surface area contributed by atoms with Crippen molar-refractivity contribution in [3.8, 4) is 11.5 Å². The summed E-state index contributed by atoms with van der Waals surface area (Å²) in [6.45, 7) is 0.208. The Hall–Kier alpha value is -2.63. The number of hydrogen-bond donors (Lipinski definition) is 3. The van der Waals surface area contributed by atoms with Gasteiger partial charge in [0.05, 0.1) is 5.56 Å². The zero-order chi connectivity index (χ0) is 15.4. The predicted octanol–water partition coefficient (Wildman–Crippen LogP) is 2.35. The van der Waals surface area contributed by atoms with Crippen LogP contribution in [0.5, 0.6) is 11.5 Å². The van der Waals surface area contributed by atoms with E-state index < -0.39 is 17.5 Å². The minimum Gasteiger partial charge on any atom is -0.504 e. The average Bonchev–Trinajstić information content (AvgIpc) is 2.42. The molecular weight excluding hydrogens is 280 g/mol. The molecule has 0 atom stereocenters. The normalized spacial score (nSPS) is 10.4. The van der Waals surface area contributed by atoms with Crippen molar-refractivity contribution in [3.05, 3.63) is 59.2 Å². The van der Waals surface area contributed by atoms with Crippen molar-refractivity contribution in [3.63, 3.8) is 0 Å². The summed E-state index contributed by atoms with van der Waals surface area (Å²) >= 11 is 0. The number of halogens is 2. The van der Waals surface area contributed by atoms with Gasteiger partial charge in [-0.1, -0.05) is 6.07 Å². The molecule has 0 bridgehead atoms. The van der Waals surface area contributed by atoms with E-state index in [2.05, 4.69) is 5.32 Å². The highest BCUT2D eigenvalue weighted by Crippen LogP contribution is 2.24. The third-order valence-corrected chi connectivity index (χ3v) is 2.91. The SMILES string of the molecule is O=C(NCCc1ccc(O)c(O)c1)c1ccc(F)cc1F. The zero-order valence-corrected chi connectivity index (χ0v) is 10.9. The first-order valence-electron chi connectivity index (χ1n) is 6.21. The fourth-order valence-electron chi connectivity index (χ4n) is 1.81. The van der Waals surface area contributed by atoms with Crippen LogP contribution in [0, 0.1) is 11.6 Å². The number of hydrogen-bond acceptors (Lipinski definition) is 3. The van der Waals surface area contributed by atoms with E-state index >= 15 is 0 Å². The Labute approximate surface area is 119 Å². The van der Waals surface area contributed by atoms with Crippen molar-refractivity contribution in [1.82, 2.24) is 5.32 Å². The van der Waals surface area contributed by atoms with Crippen molar-refractivity contribution < 1.29 is 23.8 Å². The van der Waals surface area contributed by atoms with Crippen LogP contribution in [0.4, 0.5) is 8.78 Å². The number of phenols is 2. The molecule has 0 aliphatic carbocycles. The largest absolute Gasteiger partial charge is 0.504 e. The molecule has 110 valence electrons. The van der Waals surface area contributed by atoms with Crippen LogP contribution in [0.15, 0.2) is 36.4 Å². The second-order valence-electron chi connectivity index (χ2n) is 4.45. The van der Waals surface area contributed by atoms with E-state index in [9.17, 15) is 18.7 Å². The second kappa shape index (κ2) is 6.21. The summed E-state index contributed by atoms with van der Waals surface area (Å²) in [6, 6.07) is 7.04. The lowest BCUT2D eigenvalue weighted by atomic mass is 10.1. The molecule has 0 saturated carbocycles. The maximum Gasteiger partial charge on any atom is 0.254 e. The van der Waals surface area contributed by atoms with Gasteiger partial charge in [0.25, 0.3) is 5.91 Å². The summed E-state index contributed by atoms with van der Waals surface area (Å²) in [7, 11) is 0. The van der Waals surface area contributed by atoms with Crippen molar-refractivity contribution in [1.29, 1.82) is 0 Å². The van der Waals surface area contributed by atoms with E-state index in [1.165, 1.54) is 12.1 Å². The fourth-order valence-corrected chi connectivity index (χ4v) is 1.81. The lowest BCUT2D eigenvalue weighted by molar-refractivity contribution is 0.0950. The van der Waals surface area contributed by atoms with E-state index in [1.54, 1.807) is 6.07 Å². The molecule has 0 saturated heterocycles. The molecule has 2 aromatic carbocycles. The summed E-state index contributed by atoms with van der Waals surface area (Å²) in [5.74, 6) is -2.78. The van der Waals surface area contributed by atoms with Gasteiger partial charge >= 0.3 is 0 Å². The molecule has 0 aromatic heterocycles. The molecule has 0 aliphatic rings. The van der Waals surface area contributed by atoms with E-state index in [0.717, 1.165) is 12.1 Å². The standard InChI is InChI=1S/C15H13F2NO3/c16-10-2-3-11(12(17)8-10)15(21)18-6-5-9-1-4-13(19)14(20)7-9/h1-4,7-8,19-20H,5-6H2,(H,18,21). The van der Waals surface area contributed by atoms with Crippen LogP contribution < -0.4 is 5.32 Å². The number of phenolic OH excluding ortho intramolecular Hbond substituents is 2. The monoisotopic (exact) mass is 293 g/mol. The van der Waals surface area contributed by atoms with Crippen LogP contribution >= 0.6 is 0 Å². The summed E-state index contributed by atoms with van der Waals surface area (Å²) < 4.78 is 26.1. The smallest absolute Gasteiger partial charge is 0.254 e. The van der Waals surface area contributed by atoms with Crippen molar-refractivity contribution in [2.24, 2.45) is 0 Å². The van der Waals surface area contributed by atoms with Gasteiger partial charge in [-0.3, -0.25) is 4.79 Å². The number of carbonyl (C=O) groups is 1. The minimum atomic E-state index is -0.922. The number of rotatable bonds is 4. The predicted molar refractivity (Wildman–Crippen MR) is 72.2 cm³/mol. The van der Waals surface area contributed by atoms with Gasteiger partial charge in [-0.05, 0) is 36.2 Å². The molecule has 6 heteroatoms. The number of aromatic hydroxyl groups is 2. The van der Waals surface area contributed by atoms with Gasteiger partial charge in [0.1, 0.15) is 11.6 Å². The molecule has 4 nitrogen and oxygen atoms in total. The minimum absolute atomic E-state index is 0.208. The van der Waals surface area contributed by atoms with E-state index in [1.807, 2.05) is 0 Å². The molecule has 0 fully saturated rings. The van der Waals surface area contributed by atoms with Gasteiger partial charge in [-0.15, -0.1) is 0 Å². The number of benzene rings is 2. The van der Waals surface area contributed by atoms with Gasteiger partial charge in [0.2, 0.25) is 0 Å². The first kappa shape index (κ1) is 14.8. The average molecular weight is 293 g/mol. The van der Waals surface area contributed by atoms with Gasteiger partial charge in [-0.2, -0.15) is 0 Å². The Morgan fingerprint density at radius 1 is 1.05 bits per heavy atom. The highest BCUT2D eigenvalue weighted by Gasteiger charge is 2.11. The van der Waals surface area contributed by atoms with E-state index in [-0.39, 0.29) is 23.6 Å². The molecule has 2 aromatic rings. The van der Waals surface area contributed by atoms with E-state index in [4.69, 9.17) is 5.11 Å². The Morgan fingerprint density at radius 2 is 1.81 bits per heavy atom. The van der Waals surface area contributed by atoms with Crippen LogP contribution in [-0.4, -0.2) is 22.7 Å². The maximum atomic E-state index is 13.4. The van der Waals surface area contributed by atoms with Crippen LogP contribution in [0.25, 0.3) is 0 Å². The lowest BCUT2D eigenvalue weighted by Crippen LogP contribution is -2.26. The Kier molecular flexibility index (Phi) is 4.37. The highest BCUT2D eigenvalue weighted by molar-refractivity contribution is 5.94. The molecule has 0 aliphatic heterocycles. The van der Waals surface area contributed by atoms with Gasteiger partial charge in [0, 0.05) is 12.6 Å². The molecule has 0 radical (unpaired) electrons. The first-order valence-corrected chi connectivity index (χ1v) is 6.21. The van der Waals surface area contributed by atoms with Crippen LogP contribution in [0.3, 0.4) is 0 Å². The third kappa shape index (κ3) is 3.68. The molecule has 3 N–H and O–H groups in total. The molecule has 0 heterocycles. The topological polar surface area (TPSA) is 69.6 Å². The summed E-state index contributed by atoms with van der Waals surface area (Å²) in [5.41, 5.74) is 0.468. The molecule has 2 rings (SSSR count). The molecule has 1 amide bonds. The summed E-state index contributed by atoms with van der Waals surface area (Å²) in [5, 5.41) is 21.0. The maximum absolute atomic E-state index is 13.4. The third-order valence-electron chi connectivity index (χ3n) is 2.91. The van der Waals surface area contributed by atoms with Crippen molar-refractivity contribution in [2.45, 2.75) is 6.42 Å². The first-order chi connectivity index (χ1) is 9.97. The molecule has 0 spiro atoms. The van der Waals surface area contributed by atoms with Crippen LogP contribution in [-0.2, 0) is 6.42 Å². The quantitative estimate of drug-likeness (QED) is 0.758. The van der Waals surface area contributed by atoms with Crippen molar-refractivity contribution >= 4 is 5.91 Å². The lowest BCUT2D eigenvalue weighted by Gasteiger charge is -2.07. The van der Waals surface area contributed by atoms with Gasteiger partial charge < -0.3 is 15.5 Å². The van der Waals surface area contributed by atoms with Crippen LogP contribution in [0.2, 0.25) is 0 Å². The summed E-state index contributed by atoms with van der Waals surface area (Å²) in [6.07, 6.45) is 0.391. The molecular formula is C15H13F2NO3. The number of amides is 1. The second-order valence-corrected chi connectivity index (χ2v) is 4.45.